The molecular weight excluding hydrogens is 726 g/mol. The molecule has 0 bridgehead atoms. The number of rotatable bonds is 15. The molecule has 0 radical (unpaired) electrons. The van der Waals surface area contributed by atoms with Gasteiger partial charge in [0.25, 0.3) is 11.8 Å². The maximum Gasteiger partial charge on any atom is 0.342 e. The third-order valence-electron chi connectivity index (χ3n) is 8.69. The van der Waals surface area contributed by atoms with Gasteiger partial charge in [-0.2, -0.15) is 0 Å². The molecule has 302 valence electrons. The lowest BCUT2D eigenvalue weighted by Crippen LogP contribution is -2.68. The Hall–Kier alpha value is -3.05. The zero-order valence-electron chi connectivity index (χ0n) is 28.2. The fourth-order valence-corrected chi connectivity index (χ4v) is 5.93. The predicted molar refractivity (Wildman–Crippen MR) is 161 cm³/mol. The third kappa shape index (κ3) is 10.2. The molecule has 0 aromatic carbocycles. The Labute approximate surface area is 299 Å². The minimum Gasteiger partial charge on any atom is -0.394 e. The Morgan fingerprint density at radius 2 is 1.26 bits per heavy atom. The van der Waals surface area contributed by atoms with Crippen LogP contribution >= 0.6 is 0 Å². The van der Waals surface area contributed by atoms with Gasteiger partial charge >= 0.3 is 5.97 Å². The molecule has 0 aromatic rings. The lowest BCUT2D eigenvalue weighted by molar-refractivity contribution is -0.375. The van der Waals surface area contributed by atoms with Crippen molar-refractivity contribution >= 4 is 29.6 Å². The summed E-state index contributed by atoms with van der Waals surface area (Å²) in [6.45, 7) is -2.05. The third-order valence-corrected chi connectivity index (χ3v) is 8.69. The second kappa shape index (κ2) is 19.0. The number of hydrogen-bond donors (Lipinski definition) is 11. The van der Waals surface area contributed by atoms with Crippen molar-refractivity contribution in [3.05, 3.63) is 0 Å². The number of hydroxylamine groups is 2. The van der Waals surface area contributed by atoms with Crippen molar-refractivity contribution in [2.75, 3.05) is 33.0 Å². The molecular formula is C29H45N3O21. The van der Waals surface area contributed by atoms with Gasteiger partial charge in [-0.15, -0.1) is 5.06 Å². The molecule has 4 rings (SSSR count). The van der Waals surface area contributed by atoms with Gasteiger partial charge in [-0.25, -0.2) is 4.79 Å². The highest BCUT2D eigenvalue weighted by Crippen LogP contribution is 2.33. The van der Waals surface area contributed by atoms with Crippen LogP contribution in [-0.2, 0) is 57.2 Å². The van der Waals surface area contributed by atoms with Crippen molar-refractivity contribution in [3.8, 4) is 0 Å². The number of ether oxygens (including phenoxy) is 6. The topological polar surface area (TPSA) is 359 Å². The van der Waals surface area contributed by atoms with Crippen LogP contribution in [-0.4, -0.2) is 206 Å². The zero-order valence-corrected chi connectivity index (χ0v) is 28.2. The normalized spacial score (nSPS) is 39.1. The van der Waals surface area contributed by atoms with Crippen LogP contribution in [0.4, 0.5) is 0 Å². The van der Waals surface area contributed by atoms with E-state index in [1.54, 1.807) is 0 Å². The van der Waals surface area contributed by atoms with Crippen molar-refractivity contribution in [2.45, 2.75) is 118 Å². The van der Waals surface area contributed by atoms with Gasteiger partial charge in [0.2, 0.25) is 11.8 Å². The van der Waals surface area contributed by atoms with Crippen molar-refractivity contribution < 1.29 is 103 Å². The first-order chi connectivity index (χ1) is 25.1. The van der Waals surface area contributed by atoms with Gasteiger partial charge in [0.05, 0.1) is 26.4 Å². The van der Waals surface area contributed by atoms with Crippen molar-refractivity contribution in [1.82, 2.24) is 15.7 Å². The number of nitrogens with zero attached hydrogens (tertiary/aromatic N) is 1. The highest BCUT2D eigenvalue weighted by Gasteiger charge is 2.54. The van der Waals surface area contributed by atoms with Gasteiger partial charge in [0.1, 0.15) is 79.6 Å². The van der Waals surface area contributed by atoms with Crippen LogP contribution in [0.3, 0.4) is 0 Å². The molecule has 11 N–H and O–H groups in total. The fourth-order valence-electron chi connectivity index (χ4n) is 5.93. The molecule has 6 unspecified atom stereocenters. The van der Waals surface area contributed by atoms with E-state index in [9.17, 15) is 69.9 Å². The van der Waals surface area contributed by atoms with Gasteiger partial charge in [-0.05, 0) is 0 Å². The van der Waals surface area contributed by atoms with Crippen LogP contribution in [0, 0.1) is 0 Å². The summed E-state index contributed by atoms with van der Waals surface area (Å²) in [6.07, 6.45) is -25.3. The van der Waals surface area contributed by atoms with E-state index in [2.05, 4.69) is 15.5 Å². The lowest BCUT2D eigenvalue weighted by atomic mass is 9.95. The van der Waals surface area contributed by atoms with Gasteiger partial charge in [-0.1, -0.05) is 0 Å². The highest BCUT2D eigenvalue weighted by molar-refractivity contribution is 6.02. The van der Waals surface area contributed by atoms with E-state index in [-0.39, 0.29) is 31.1 Å². The number of nitrogens with one attached hydrogen (secondary N) is 2. The van der Waals surface area contributed by atoms with E-state index in [4.69, 9.17) is 28.4 Å². The maximum atomic E-state index is 12.2. The molecule has 24 heteroatoms. The molecule has 4 saturated heterocycles. The van der Waals surface area contributed by atoms with Crippen LogP contribution in [0.2, 0.25) is 0 Å². The van der Waals surface area contributed by atoms with Crippen molar-refractivity contribution in [3.63, 3.8) is 0 Å². The summed E-state index contributed by atoms with van der Waals surface area (Å²) >= 11 is 0. The standard InChI is InChI=1S/C29H45N3O21/c1-10(36)31-18-21(43)25(13(9-35)50-27(18)47-5-4-30-14(37)6-17(40)53-32-15(38)2-3-16(32)39)51-29-24(46)26(20(42)12(8-34)49-29)52-28-23(45)22(44)19(41)11(7-33)48-28/h11-13,18-29,33-35,41-46H,2-9H2,1H3,(H,30,37)(H,31,36)/t11?,12?,13?,18?,19-,20-,21+,22-,23?,24?,25+,26-,27+,28+,29-/m0/s1. The lowest BCUT2D eigenvalue weighted by Gasteiger charge is -2.48. The van der Waals surface area contributed by atoms with E-state index in [0.717, 1.165) is 6.92 Å². The van der Waals surface area contributed by atoms with Gasteiger partial charge in [-0.3, -0.25) is 19.2 Å². The molecule has 4 amide bonds. The smallest absolute Gasteiger partial charge is 0.342 e. The number of imide groups is 1. The van der Waals surface area contributed by atoms with Gasteiger partial charge in [0.15, 0.2) is 18.9 Å². The van der Waals surface area contributed by atoms with Crippen LogP contribution < -0.4 is 10.6 Å². The van der Waals surface area contributed by atoms with Gasteiger partial charge < -0.3 is 89.9 Å². The SMILES string of the molecule is CC(=O)NC1[C@H](OCCNC(=O)CC(=O)ON2C(=O)CCC2=O)OC(CO)[C@@H](O[C@@H]2OC(CO)[C@H](O)[C@H](O[C@H]3OC(CO)[C@H](O)[C@H](O)C3O)C2O)[C@@H]1O. The second-order valence-electron chi connectivity index (χ2n) is 12.5. The minimum atomic E-state index is -2.00. The Balaban J connectivity index is 1.38. The first-order valence-corrected chi connectivity index (χ1v) is 16.5. The molecule has 15 atom stereocenters. The van der Waals surface area contributed by atoms with E-state index < -0.39 is 148 Å². The quantitative estimate of drug-likeness (QED) is 0.0418. The first kappa shape index (κ1) is 42.7. The molecule has 4 aliphatic rings. The number of amides is 4. The van der Waals surface area contributed by atoms with Crippen molar-refractivity contribution in [2.24, 2.45) is 0 Å². The molecule has 4 aliphatic heterocycles. The minimum absolute atomic E-state index is 0.133. The number of aliphatic hydroxyl groups is 9. The summed E-state index contributed by atoms with van der Waals surface area (Å²) in [5.74, 6) is -4.18. The second-order valence-corrected chi connectivity index (χ2v) is 12.5. The zero-order chi connectivity index (χ0) is 39.1. The van der Waals surface area contributed by atoms with E-state index in [1.807, 2.05) is 0 Å². The Morgan fingerprint density at radius 1 is 0.717 bits per heavy atom. The van der Waals surface area contributed by atoms with Crippen LogP contribution in [0.5, 0.6) is 0 Å². The Bertz CT molecular complexity index is 1280. The number of aliphatic hydroxyl groups excluding tert-OH is 9. The van der Waals surface area contributed by atoms with E-state index >= 15 is 0 Å². The fraction of sp³-hybridized carbons (Fsp3) is 0.828. The summed E-state index contributed by atoms with van der Waals surface area (Å²) in [7, 11) is 0. The van der Waals surface area contributed by atoms with Crippen LogP contribution in [0.15, 0.2) is 0 Å². The number of carbonyl (C=O) groups excluding carboxylic acids is 5. The summed E-state index contributed by atoms with van der Waals surface area (Å²) in [6, 6.07) is -1.43. The average Bonchev–Trinajstić information content (AvgIpc) is 3.43. The first-order valence-electron chi connectivity index (χ1n) is 16.5. The van der Waals surface area contributed by atoms with Gasteiger partial charge in [0, 0.05) is 26.3 Å². The van der Waals surface area contributed by atoms with E-state index in [0.29, 0.717) is 0 Å². The Kier molecular flexibility index (Phi) is 15.3. The molecule has 4 fully saturated rings. The van der Waals surface area contributed by atoms with E-state index in [1.165, 1.54) is 0 Å². The van der Waals surface area contributed by atoms with Crippen molar-refractivity contribution in [1.29, 1.82) is 0 Å². The number of hydrogen-bond acceptors (Lipinski definition) is 21. The summed E-state index contributed by atoms with van der Waals surface area (Å²) < 4.78 is 33.4. The summed E-state index contributed by atoms with van der Waals surface area (Å²) in [4.78, 5) is 64.0. The maximum absolute atomic E-state index is 12.2. The largest absolute Gasteiger partial charge is 0.394 e. The number of carbonyl (C=O) groups is 5. The molecule has 53 heavy (non-hydrogen) atoms. The molecule has 4 heterocycles. The molecule has 0 aromatic heterocycles. The van der Waals surface area contributed by atoms with Crippen LogP contribution in [0.1, 0.15) is 26.2 Å². The summed E-state index contributed by atoms with van der Waals surface area (Å²) in [5, 5.41) is 98.4. The Morgan fingerprint density at radius 3 is 1.85 bits per heavy atom. The monoisotopic (exact) mass is 771 g/mol. The molecule has 0 spiro atoms. The molecule has 0 saturated carbocycles. The summed E-state index contributed by atoms with van der Waals surface area (Å²) in [5.41, 5.74) is 0. The predicted octanol–water partition coefficient (Wildman–Crippen LogP) is -8.29. The average molecular weight is 772 g/mol. The molecule has 0 aliphatic carbocycles. The molecule has 24 nitrogen and oxygen atoms in total. The highest BCUT2D eigenvalue weighted by atomic mass is 16.8. The van der Waals surface area contributed by atoms with Crippen LogP contribution in [0.25, 0.3) is 0 Å².